The minimum Gasteiger partial charge on any atom is -0.504 e. The normalized spacial score (nSPS) is 11.5. The number of aromatic hydroxyl groups is 4. The average Bonchev–Trinajstić information content (AvgIpc) is 1.54. The van der Waals surface area contributed by atoms with Gasteiger partial charge in [-0.1, -0.05) is 67.8 Å². The molecule has 0 aliphatic carbocycles. The zero-order valence-corrected chi connectivity index (χ0v) is 50.1. The lowest BCUT2D eigenvalue weighted by atomic mass is 10.1. The molecule has 14 rings (SSSR count). The molecule has 8 aromatic carbocycles. The lowest BCUT2D eigenvalue weighted by Gasteiger charge is -2.15. The molecule has 27 nitrogen and oxygen atoms in total. The summed E-state index contributed by atoms with van der Waals surface area (Å²) in [5.74, 6) is 0.711. The minimum atomic E-state index is -0.130. The van der Waals surface area contributed by atoms with Crippen molar-refractivity contribution >= 4 is 96.6 Å². The number of anilines is 9. The van der Waals surface area contributed by atoms with Crippen molar-refractivity contribution in [1.82, 2.24) is 89.9 Å². The maximum Gasteiger partial charge on any atom is 0.233 e. The molecule has 0 saturated heterocycles. The maximum absolute atomic E-state index is 11.8. The second kappa shape index (κ2) is 24.3. The average molecular weight is 1230 g/mol. The summed E-state index contributed by atoms with van der Waals surface area (Å²) in [6.07, 6.45) is 4.52. The molecule has 9 N–H and O–H groups in total. The Labute approximate surface area is 523 Å². The standard InChI is InChI=1S/C65H59N23O4/c1-36-28-48(57(89)52(32-36)85-77-40-18-9-10-19-41(40)78-85)67-62-71-56(72-63(75-62)68-49-29-37(2)33-53(58(49)90)86-79-42-20-11-12-21-43(42)80-86)26-8-6-5-7-17-27-66-61-73-64(69-50-30-38(3)34-54(59(50)91)87-81-44-22-13-14-23-45(44)82-87)76-65(74-61)70-51-31-39(4)35-55(60(51)92)88-83-46-24-15-16-25-47(46)84-88/h9-16,18-25,28-35,89-92H,5-8,17,26-27H2,1-4H3,(H2,67,68,71,72,75)(H3,66,69,70,73,74,76). The van der Waals surface area contributed by atoms with Crippen molar-refractivity contribution in [2.24, 2.45) is 0 Å². The third kappa shape index (κ3) is 12.0. The first-order valence-corrected chi connectivity index (χ1v) is 29.7. The molecule has 6 heterocycles. The van der Waals surface area contributed by atoms with Crippen molar-refractivity contribution in [2.75, 3.05) is 33.1 Å². The van der Waals surface area contributed by atoms with Crippen LogP contribution in [-0.4, -0.2) is 117 Å². The largest absolute Gasteiger partial charge is 0.504 e. The number of nitrogens with zero attached hydrogens (tertiary/aromatic N) is 18. The monoisotopic (exact) mass is 1230 g/mol. The van der Waals surface area contributed by atoms with E-state index < -0.39 is 0 Å². The van der Waals surface area contributed by atoms with Crippen LogP contribution in [0.5, 0.6) is 23.0 Å². The molecule has 0 unspecified atom stereocenters. The number of aryl methyl sites for hydroxylation is 5. The molecule has 6 aromatic heterocycles. The Hall–Kier alpha value is -12.4. The molecule has 0 atom stereocenters. The van der Waals surface area contributed by atoms with Gasteiger partial charge in [-0.15, -0.1) is 60.0 Å². The molecule has 0 bridgehead atoms. The van der Waals surface area contributed by atoms with Gasteiger partial charge in [-0.25, -0.2) is 0 Å². The summed E-state index contributed by atoms with van der Waals surface area (Å²) in [7, 11) is 0. The van der Waals surface area contributed by atoms with E-state index in [4.69, 9.17) is 29.9 Å². The highest BCUT2D eigenvalue weighted by Gasteiger charge is 2.22. The SMILES string of the molecule is Cc1cc(Nc2nc(CCCCCCCNc3nc(Nc4cc(C)cc(-n5nc6ccccc6n5)c4O)nc(Nc4cc(C)cc(-n5nc6ccccc6n5)c4O)n3)nc(Nc3cc(C)cc(-n4nc5ccccc5n4)c3O)n2)c(O)c(-n2nc3ccccc3n2)c1. The lowest BCUT2D eigenvalue weighted by Crippen LogP contribution is -2.11. The number of phenolic OH excluding ortho intramolecular Hbond substituents is 4. The number of rotatable bonds is 21. The summed E-state index contributed by atoms with van der Waals surface area (Å²) in [5, 5.41) is 100. The van der Waals surface area contributed by atoms with Gasteiger partial charge in [-0.3, -0.25) is 0 Å². The summed E-state index contributed by atoms with van der Waals surface area (Å²) < 4.78 is 0. The molecule has 0 spiro atoms. The molecule has 0 aliphatic heterocycles. The van der Waals surface area contributed by atoms with E-state index in [0.29, 0.717) is 108 Å². The fourth-order valence-corrected chi connectivity index (χ4v) is 10.7. The second-order valence-electron chi connectivity index (χ2n) is 22.3. The first kappa shape index (κ1) is 57.3. The van der Waals surface area contributed by atoms with Crippen molar-refractivity contribution in [3.05, 3.63) is 174 Å². The number of benzene rings is 8. The third-order valence-corrected chi connectivity index (χ3v) is 15.1. The van der Waals surface area contributed by atoms with Crippen LogP contribution in [0.2, 0.25) is 0 Å². The highest BCUT2D eigenvalue weighted by molar-refractivity contribution is 5.80. The topological polar surface area (TPSA) is 341 Å². The van der Waals surface area contributed by atoms with Gasteiger partial charge in [0.05, 0.1) is 22.7 Å². The van der Waals surface area contributed by atoms with E-state index in [1.54, 1.807) is 48.5 Å². The van der Waals surface area contributed by atoms with Gasteiger partial charge in [0.1, 0.15) is 72.7 Å². The van der Waals surface area contributed by atoms with E-state index in [1.165, 1.54) is 19.2 Å². The van der Waals surface area contributed by atoms with Crippen molar-refractivity contribution < 1.29 is 20.4 Å². The van der Waals surface area contributed by atoms with Crippen LogP contribution in [0.3, 0.4) is 0 Å². The Morgan fingerprint density at radius 2 is 0.554 bits per heavy atom. The predicted octanol–water partition coefficient (Wildman–Crippen LogP) is 11.6. The number of phenols is 4. The first-order valence-electron chi connectivity index (χ1n) is 29.7. The second-order valence-corrected chi connectivity index (χ2v) is 22.3. The molecular formula is C65H59N23O4. The van der Waals surface area contributed by atoms with Crippen molar-refractivity contribution in [1.29, 1.82) is 0 Å². The molecule has 92 heavy (non-hydrogen) atoms. The quantitative estimate of drug-likeness (QED) is 0.0238. The highest BCUT2D eigenvalue weighted by atomic mass is 16.3. The Bertz CT molecular complexity index is 4370. The smallest absolute Gasteiger partial charge is 0.233 e. The minimum absolute atomic E-state index is 0.0966. The van der Waals surface area contributed by atoms with Crippen LogP contribution in [0.1, 0.15) is 60.2 Å². The van der Waals surface area contributed by atoms with Crippen LogP contribution in [0.4, 0.5) is 52.5 Å². The Kier molecular flexibility index (Phi) is 15.1. The first-order chi connectivity index (χ1) is 44.8. The molecule has 14 aromatic rings. The van der Waals surface area contributed by atoms with Gasteiger partial charge >= 0.3 is 0 Å². The van der Waals surface area contributed by atoms with Crippen molar-refractivity contribution in [2.45, 2.75) is 66.2 Å². The number of aromatic nitrogens is 18. The van der Waals surface area contributed by atoms with Gasteiger partial charge in [0.25, 0.3) is 0 Å². The molecule has 27 heteroatoms. The Morgan fingerprint density at radius 1 is 0.304 bits per heavy atom. The zero-order valence-electron chi connectivity index (χ0n) is 50.1. The van der Waals surface area contributed by atoms with Crippen LogP contribution in [0, 0.1) is 27.7 Å². The van der Waals surface area contributed by atoms with Crippen LogP contribution >= 0.6 is 0 Å². The molecule has 0 fully saturated rings. The molecule has 0 saturated carbocycles. The van der Waals surface area contributed by atoms with Gasteiger partial charge in [0.2, 0.25) is 29.7 Å². The van der Waals surface area contributed by atoms with E-state index >= 15 is 0 Å². The van der Waals surface area contributed by atoms with Crippen LogP contribution in [0.25, 0.3) is 66.9 Å². The van der Waals surface area contributed by atoms with E-state index in [2.05, 4.69) is 67.4 Å². The summed E-state index contributed by atoms with van der Waals surface area (Å²) in [6, 6.07) is 44.1. The van der Waals surface area contributed by atoms with Crippen LogP contribution in [0.15, 0.2) is 146 Å². The summed E-state index contributed by atoms with van der Waals surface area (Å²) in [5.41, 5.74) is 11.3. The van der Waals surface area contributed by atoms with E-state index in [9.17, 15) is 20.4 Å². The fraction of sp³-hybridized carbons (Fsp3) is 0.169. The summed E-state index contributed by atoms with van der Waals surface area (Å²) >= 11 is 0. The molecule has 458 valence electrons. The van der Waals surface area contributed by atoms with Crippen LogP contribution < -0.4 is 26.6 Å². The number of hydrogen-bond donors (Lipinski definition) is 9. The van der Waals surface area contributed by atoms with E-state index in [-0.39, 0.29) is 52.7 Å². The fourth-order valence-electron chi connectivity index (χ4n) is 10.7. The van der Waals surface area contributed by atoms with Crippen molar-refractivity contribution in [3.8, 4) is 45.7 Å². The number of unbranched alkanes of at least 4 members (excludes halogenated alkanes) is 4. The van der Waals surface area contributed by atoms with E-state index in [0.717, 1.165) is 54.4 Å². The third-order valence-electron chi connectivity index (χ3n) is 15.1. The lowest BCUT2D eigenvalue weighted by molar-refractivity contribution is 0.469. The zero-order chi connectivity index (χ0) is 63.0. The predicted molar refractivity (Wildman–Crippen MR) is 349 cm³/mol. The summed E-state index contributed by atoms with van der Waals surface area (Å²) in [6.45, 7) is 8.10. The number of fused-ring (bicyclic) bond motifs is 4. The highest BCUT2D eigenvalue weighted by Crippen LogP contribution is 2.39. The number of hydrogen-bond acceptors (Lipinski definition) is 23. The number of nitrogens with one attached hydrogen (secondary N) is 5. The van der Waals surface area contributed by atoms with Gasteiger partial charge < -0.3 is 47.0 Å². The van der Waals surface area contributed by atoms with Gasteiger partial charge in [-0.2, -0.15) is 29.9 Å². The summed E-state index contributed by atoms with van der Waals surface area (Å²) in [4.78, 5) is 34.2. The van der Waals surface area contributed by atoms with Crippen molar-refractivity contribution in [3.63, 3.8) is 0 Å². The maximum atomic E-state index is 11.8. The van der Waals surface area contributed by atoms with Crippen LogP contribution in [-0.2, 0) is 6.42 Å². The van der Waals surface area contributed by atoms with E-state index in [1.807, 2.05) is 125 Å². The Balaban J connectivity index is 0.684. The molecule has 0 radical (unpaired) electrons. The Morgan fingerprint density at radius 3 is 0.848 bits per heavy atom. The van der Waals surface area contributed by atoms with Gasteiger partial charge in [0, 0.05) is 13.0 Å². The molecular weight excluding hydrogens is 1170 g/mol. The molecule has 0 aliphatic rings. The molecule has 0 amide bonds. The van der Waals surface area contributed by atoms with Gasteiger partial charge in [0.15, 0.2) is 23.0 Å². The van der Waals surface area contributed by atoms with Gasteiger partial charge in [-0.05, 0) is 160 Å².